The van der Waals surface area contributed by atoms with Crippen LogP contribution in [0.4, 0.5) is 0 Å². The first-order valence-corrected chi connectivity index (χ1v) is 5.41. The van der Waals surface area contributed by atoms with E-state index < -0.39 is 0 Å². The van der Waals surface area contributed by atoms with Gasteiger partial charge in [0.15, 0.2) is 0 Å². The molecule has 1 heterocycles. The highest BCUT2D eigenvalue weighted by atomic mass is 16.6. The van der Waals surface area contributed by atoms with E-state index in [1.54, 1.807) is 0 Å². The van der Waals surface area contributed by atoms with E-state index in [2.05, 4.69) is 15.7 Å². The third kappa shape index (κ3) is 3.66. The van der Waals surface area contributed by atoms with Crippen molar-refractivity contribution in [2.75, 3.05) is 6.61 Å². The van der Waals surface area contributed by atoms with Crippen molar-refractivity contribution in [1.29, 1.82) is 0 Å². The number of rotatable bonds is 5. The van der Waals surface area contributed by atoms with Crippen LogP contribution in [-0.4, -0.2) is 22.7 Å². The molecule has 1 amide bonds. The summed E-state index contributed by atoms with van der Waals surface area (Å²) in [5, 5.41) is 6.88. The maximum absolute atomic E-state index is 11.5. The van der Waals surface area contributed by atoms with Crippen LogP contribution in [-0.2, 0) is 16.1 Å². The predicted octanol–water partition coefficient (Wildman–Crippen LogP) is 1.27. The molecule has 1 aromatic rings. The third-order valence-corrected chi connectivity index (χ3v) is 2.22. The van der Waals surface area contributed by atoms with E-state index in [1.165, 1.54) is 0 Å². The van der Waals surface area contributed by atoms with Gasteiger partial charge in [-0.15, -0.1) is 0 Å². The maximum Gasteiger partial charge on any atom is 0.248 e. The third-order valence-electron chi connectivity index (χ3n) is 2.22. The van der Waals surface area contributed by atoms with E-state index >= 15 is 0 Å². The molecule has 0 saturated carbocycles. The lowest BCUT2D eigenvalue weighted by Crippen LogP contribution is -2.27. The van der Waals surface area contributed by atoms with Crippen LogP contribution in [0.1, 0.15) is 30.8 Å². The van der Waals surface area contributed by atoms with Crippen molar-refractivity contribution in [3.63, 3.8) is 0 Å². The van der Waals surface area contributed by atoms with E-state index in [9.17, 15) is 4.79 Å². The fourth-order valence-corrected chi connectivity index (χ4v) is 1.32. The van der Waals surface area contributed by atoms with Gasteiger partial charge in [-0.3, -0.25) is 14.7 Å². The minimum absolute atomic E-state index is 0.145. The fraction of sp³-hybridized carbons (Fsp3) is 0.636. The molecule has 1 rings (SSSR count). The first kappa shape index (κ1) is 12.7. The highest BCUT2D eigenvalue weighted by Crippen LogP contribution is 2.09. The van der Waals surface area contributed by atoms with E-state index in [0.717, 1.165) is 17.0 Å². The Kier molecular flexibility index (Phi) is 4.49. The zero-order chi connectivity index (χ0) is 12.1. The average Bonchev–Trinajstić information content (AvgIpc) is 2.49. The Morgan fingerprint density at radius 1 is 1.50 bits per heavy atom. The SMILES string of the molecule is Cc1n[nH]c(C)c1CC(=O)NOCC(C)C. The van der Waals surface area contributed by atoms with E-state index in [-0.39, 0.29) is 5.91 Å². The molecule has 0 aliphatic rings. The molecule has 0 spiro atoms. The van der Waals surface area contributed by atoms with Crippen LogP contribution < -0.4 is 5.48 Å². The van der Waals surface area contributed by atoms with Crippen LogP contribution in [0.15, 0.2) is 0 Å². The second-order valence-corrected chi connectivity index (χ2v) is 4.32. The molecule has 0 aliphatic carbocycles. The quantitative estimate of drug-likeness (QED) is 0.742. The molecule has 0 saturated heterocycles. The summed E-state index contributed by atoms with van der Waals surface area (Å²) in [6.07, 6.45) is 0.298. The topological polar surface area (TPSA) is 67.0 Å². The standard InChI is InChI=1S/C11H19N3O2/c1-7(2)6-16-14-11(15)5-10-8(3)12-13-9(10)4/h7H,5-6H2,1-4H3,(H,12,13)(H,14,15). The van der Waals surface area contributed by atoms with Crippen LogP contribution >= 0.6 is 0 Å². The minimum Gasteiger partial charge on any atom is -0.282 e. The Labute approximate surface area is 95.5 Å². The number of nitrogens with zero attached hydrogens (tertiary/aromatic N) is 1. The summed E-state index contributed by atoms with van der Waals surface area (Å²) < 4.78 is 0. The Morgan fingerprint density at radius 3 is 2.69 bits per heavy atom. The number of carbonyl (C=O) groups is 1. The van der Waals surface area contributed by atoms with Crippen LogP contribution in [0.25, 0.3) is 0 Å². The number of carbonyl (C=O) groups excluding carboxylic acids is 1. The summed E-state index contributed by atoms with van der Waals surface area (Å²) in [4.78, 5) is 16.6. The molecule has 0 aliphatic heterocycles. The first-order chi connectivity index (χ1) is 7.50. The van der Waals surface area contributed by atoms with Crippen molar-refractivity contribution in [2.45, 2.75) is 34.1 Å². The molecule has 16 heavy (non-hydrogen) atoms. The first-order valence-electron chi connectivity index (χ1n) is 5.41. The second kappa shape index (κ2) is 5.65. The molecule has 0 fully saturated rings. The molecule has 90 valence electrons. The van der Waals surface area contributed by atoms with E-state index in [4.69, 9.17) is 4.84 Å². The van der Waals surface area contributed by atoms with Crippen molar-refractivity contribution in [3.8, 4) is 0 Å². The Bertz CT molecular complexity index is 339. The van der Waals surface area contributed by atoms with Crippen LogP contribution in [0.3, 0.4) is 0 Å². The Morgan fingerprint density at radius 2 is 2.19 bits per heavy atom. The summed E-state index contributed by atoms with van der Waals surface area (Å²) >= 11 is 0. The normalized spacial score (nSPS) is 10.8. The van der Waals surface area contributed by atoms with Crippen molar-refractivity contribution < 1.29 is 9.63 Å². The summed E-state index contributed by atoms with van der Waals surface area (Å²) in [6.45, 7) is 8.35. The number of hydrogen-bond donors (Lipinski definition) is 2. The summed E-state index contributed by atoms with van der Waals surface area (Å²) in [5.41, 5.74) is 5.15. The maximum atomic E-state index is 11.5. The van der Waals surface area contributed by atoms with Gasteiger partial charge in [-0.05, 0) is 19.8 Å². The van der Waals surface area contributed by atoms with Gasteiger partial charge < -0.3 is 0 Å². The zero-order valence-electron chi connectivity index (χ0n) is 10.3. The number of H-pyrrole nitrogens is 1. The van der Waals surface area contributed by atoms with Gasteiger partial charge in [0.1, 0.15) is 0 Å². The van der Waals surface area contributed by atoms with Gasteiger partial charge in [-0.1, -0.05) is 13.8 Å². The molecule has 2 N–H and O–H groups in total. The summed E-state index contributed by atoms with van der Waals surface area (Å²) in [5.74, 6) is 0.256. The largest absolute Gasteiger partial charge is 0.282 e. The second-order valence-electron chi connectivity index (χ2n) is 4.32. The highest BCUT2D eigenvalue weighted by Gasteiger charge is 2.11. The van der Waals surface area contributed by atoms with Gasteiger partial charge >= 0.3 is 0 Å². The van der Waals surface area contributed by atoms with Crippen molar-refractivity contribution in [3.05, 3.63) is 17.0 Å². The minimum atomic E-state index is -0.145. The van der Waals surface area contributed by atoms with Gasteiger partial charge in [0.25, 0.3) is 0 Å². The molecule has 5 nitrogen and oxygen atoms in total. The molecule has 0 atom stereocenters. The molecular weight excluding hydrogens is 206 g/mol. The van der Waals surface area contributed by atoms with Gasteiger partial charge in [0, 0.05) is 11.3 Å². The van der Waals surface area contributed by atoms with Crippen molar-refractivity contribution in [2.24, 2.45) is 5.92 Å². The molecule has 0 radical (unpaired) electrons. The number of hydrogen-bond acceptors (Lipinski definition) is 3. The molecular formula is C11H19N3O2. The smallest absolute Gasteiger partial charge is 0.248 e. The molecule has 0 aromatic carbocycles. The summed E-state index contributed by atoms with van der Waals surface area (Å²) in [6, 6.07) is 0. The number of aryl methyl sites for hydroxylation is 2. The van der Waals surface area contributed by atoms with Gasteiger partial charge in [-0.25, -0.2) is 5.48 Å². The van der Waals surface area contributed by atoms with Gasteiger partial charge in [0.05, 0.1) is 18.7 Å². The molecule has 0 unspecified atom stereocenters. The fourth-order valence-electron chi connectivity index (χ4n) is 1.32. The number of nitrogens with one attached hydrogen (secondary N) is 2. The van der Waals surface area contributed by atoms with Gasteiger partial charge in [0.2, 0.25) is 5.91 Å². The van der Waals surface area contributed by atoms with Gasteiger partial charge in [-0.2, -0.15) is 5.10 Å². The van der Waals surface area contributed by atoms with E-state index in [0.29, 0.717) is 18.9 Å². The predicted molar refractivity (Wildman–Crippen MR) is 60.7 cm³/mol. The lowest BCUT2D eigenvalue weighted by molar-refractivity contribution is -0.133. The van der Waals surface area contributed by atoms with E-state index in [1.807, 2.05) is 27.7 Å². The monoisotopic (exact) mass is 225 g/mol. The van der Waals surface area contributed by atoms with Crippen LogP contribution in [0, 0.1) is 19.8 Å². The van der Waals surface area contributed by atoms with Crippen LogP contribution in [0.2, 0.25) is 0 Å². The molecule has 0 bridgehead atoms. The van der Waals surface area contributed by atoms with Crippen molar-refractivity contribution >= 4 is 5.91 Å². The number of amides is 1. The Hall–Kier alpha value is -1.36. The Balaban J connectivity index is 2.40. The number of aromatic amines is 1. The van der Waals surface area contributed by atoms with Crippen molar-refractivity contribution in [1.82, 2.24) is 15.7 Å². The molecule has 1 aromatic heterocycles. The average molecular weight is 225 g/mol. The molecule has 5 heteroatoms. The van der Waals surface area contributed by atoms with Crippen LogP contribution in [0.5, 0.6) is 0 Å². The zero-order valence-corrected chi connectivity index (χ0v) is 10.3. The highest BCUT2D eigenvalue weighted by molar-refractivity contribution is 5.78. The lowest BCUT2D eigenvalue weighted by Gasteiger charge is -2.07. The number of aromatic nitrogens is 2. The lowest BCUT2D eigenvalue weighted by atomic mass is 10.1. The summed E-state index contributed by atoms with van der Waals surface area (Å²) in [7, 11) is 0. The number of hydroxylamine groups is 1.